The van der Waals surface area contributed by atoms with E-state index in [0.29, 0.717) is 17.9 Å². The Morgan fingerprint density at radius 3 is 2.53 bits per heavy atom. The molecule has 0 radical (unpaired) electrons. The number of rotatable bonds is 3. The van der Waals surface area contributed by atoms with Gasteiger partial charge < -0.3 is 10.2 Å². The molecule has 0 aromatic heterocycles. The number of amides is 1. The van der Waals surface area contributed by atoms with E-state index in [0.717, 1.165) is 38.9 Å². The molecule has 0 unspecified atom stereocenters. The number of carbonyl (C=O) groups excluding carboxylic acids is 1. The number of carbonyl (C=O) groups is 1. The molecule has 4 heteroatoms. The van der Waals surface area contributed by atoms with Crippen molar-refractivity contribution in [1.29, 1.82) is 0 Å². The van der Waals surface area contributed by atoms with Crippen molar-refractivity contribution in [2.75, 3.05) is 19.6 Å². The maximum atomic E-state index is 12.9. The maximum Gasteiger partial charge on any atom is 0.228 e. The lowest BCUT2D eigenvalue weighted by Crippen LogP contribution is -2.55. The molecule has 1 aliphatic heterocycles. The third-order valence-corrected chi connectivity index (χ3v) is 4.47. The molecular weight excluding hydrogens is 260 g/mol. The van der Waals surface area contributed by atoms with Crippen LogP contribution in [-0.2, 0) is 4.79 Å². The molecule has 1 amide bonds. The molecule has 3 nitrogen and oxygen atoms in total. The average Bonchev–Trinajstić information content (AvgIpc) is 2.77. The molecule has 1 saturated heterocycles. The Morgan fingerprint density at radius 2 is 2.00 bits per heavy atom. The minimum atomic E-state index is -0.0226. The largest absolute Gasteiger partial charge is 0.339 e. The van der Waals surface area contributed by atoms with Gasteiger partial charge in [0, 0.05) is 31.1 Å². The summed E-state index contributed by atoms with van der Waals surface area (Å²) < 4.78 is 0. The van der Waals surface area contributed by atoms with Crippen LogP contribution in [-0.4, -0.2) is 36.5 Å². The molecule has 0 aromatic rings. The van der Waals surface area contributed by atoms with Gasteiger partial charge in [0.2, 0.25) is 5.91 Å². The Balaban J connectivity index is 0.00000180. The van der Waals surface area contributed by atoms with Crippen LogP contribution in [0.25, 0.3) is 0 Å². The van der Waals surface area contributed by atoms with Gasteiger partial charge in [-0.1, -0.05) is 26.7 Å². The highest BCUT2D eigenvalue weighted by Gasteiger charge is 2.44. The first-order valence-corrected chi connectivity index (χ1v) is 7.56. The quantitative estimate of drug-likeness (QED) is 0.866. The van der Waals surface area contributed by atoms with E-state index in [1.807, 2.05) is 0 Å². The summed E-state index contributed by atoms with van der Waals surface area (Å²) in [4.78, 5) is 15.0. The zero-order valence-electron chi connectivity index (χ0n) is 12.6. The molecule has 1 saturated carbocycles. The van der Waals surface area contributed by atoms with Gasteiger partial charge in [0.25, 0.3) is 0 Å². The van der Waals surface area contributed by atoms with Gasteiger partial charge in [-0.2, -0.15) is 0 Å². The maximum absolute atomic E-state index is 12.9. The van der Waals surface area contributed by atoms with Crippen LogP contribution in [0.15, 0.2) is 0 Å². The van der Waals surface area contributed by atoms with E-state index in [-0.39, 0.29) is 17.8 Å². The molecule has 1 atom stereocenters. The van der Waals surface area contributed by atoms with Gasteiger partial charge in [-0.05, 0) is 32.1 Å². The fraction of sp³-hybridized carbons (Fsp3) is 0.933. The van der Waals surface area contributed by atoms with E-state index in [2.05, 4.69) is 31.0 Å². The van der Waals surface area contributed by atoms with Gasteiger partial charge in [0.15, 0.2) is 0 Å². The van der Waals surface area contributed by atoms with Crippen molar-refractivity contribution in [3.63, 3.8) is 0 Å². The van der Waals surface area contributed by atoms with Crippen molar-refractivity contribution in [2.24, 2.45) is 11.3 Å². The Bertz CT molecular complexity index is 301. The van der Waals surface area contributed by atoms with Crippen molar-refractivity contribution in [2.45, 2.75) is 58.9 Å². The predicted octanol–water partition coefficient (Wildman–Crippen LogP) is 2.84. The lowest BCUT2D eigenvalue weighted by Gasteiger charge is -2.39. The number of piperazine rings is 1. The fourth-order valence-electron chi connectivity index (χ4n) is 3.79. The topological polar surface area (TPSA) is 32.3 Å². The van der Waals surface area contributed by atoms with Crippen LogP contribution < -0.4 is 5.32 Å². The van der Waals surface area contributed by atoms with Gasteiger partial charge in [-0.15, -0.1) is 12.4 Å². The second-order valence-electron chi connectivity index (χ2n) is 6.69. The molecule has 0 spiro atoms. The summed E-state index contributed by atoms with van der Waals surface area (Å²) in [5.74, 6) is 1.06. The molecule has 1 N–H and O–H groups in total. The second kappa shape index (κ2) is 6.94. The first-order chi connectivity index (χ1) is 8.53. The molecule has 2 aliphatic rings. The molecule has 2 rings (SSSR count). The van der Waals surface area contributed by atoms with Gasteiger partial charge in [0.1, 0.15) is 0 Å². The summed E-state index contributed by atoms with van der Waals surface area (Å²) in [5.41, 5.74) is -0.0226. The summed E-state index contributed by atoms with van der Waals surface area (Å²) in [7, 11) is 0. The van der Waals surface area contributed by atoms with E-state index in [1.165, 1.54) is 12.8 Å². The minimum absolute atomic E-state index is 0. The second-order valence-corrected chi connectivity index (χ2v) is 6.69. The standard InChI is InChI=1S/C15H28N2O.ClH/c1-12(2)10-15(6-4-5-7-15)14(18)17-9-8-16-13(3)11-17;/h12-13,16H,4-11H2,1-3H3;1H/t13-;/m0./s1. The van der Waals surface area contributed by atoms with Crippen molar-refractivity contribution in [1.82, 2.24) is 10.2 Å². The van der Waals surface area contributed by atoms with Crippen LogP contribution >= 0.6 is 12.4 Å². The van der Waals surface area contributed by atoms with E-state index in [4.69, 9.17) is 0 Å². The number of nitrogens with zero attached hydrogens (tertiary/aromatic N) is 1. The lowest BCUT2D eigenvalue weighted by atomic mass is 9.77. The number of halogens is 1. The summed E-state index contributed by atoms with van der Waals surface area (Å²) in [6.07, 6.45) is 5.77. The van der Waals surface area contributed by atoms with Crippen LogP contribution in [0.5, 0.6) is 0 Å². The summed E-state index contributed by atoms with van der Waals surface area (Å²) in [5, 5.41) is 3.42. The van der Waals surface area contributed by atoms with Crippen LogP contribution in [0.1, 0.15) is 52.9 Å². The van der Waals surface area contributed by atoms with Crippen molar-refractivity contribution < 1.29 is 4.79 Å². The minimum Gasteiger partial charge on any atom is -0.339 e. The molecule has 0 bridgehead atoms. The van der Waals surface area contributed by atoms with Gasteiger partial charge in [0.05, 0.1) is 0 Å². The molecular formula is C15H29ClN2O. The van der Waals surface area contributed by atoms with Crippen LogP contribution in [0, 0.1) is 11.3 Å². The Kier molecular flexibility index (Phi) is 6.13. The highest BCUT2D eigenvalue weighted by molar-refractivity contribution is 5.85. The zero-order valence-corrected chi connectivity index (χ0v) is 13.4. The molecule has 1 aliphatic carbocycles. The molecule has 1 heterocycles. The Morgan fingerprint density at radius 1 is 1.37 bits per heavy atom. The summed E-state index contributed by atoms with van der Waals surface area (Å²) in [6.45, 7) is 9.39. The smallest absolute Gasteiger partial charge is 0.228 e. The van der Waals surface area contributed by atoms with Crippen molar-refractivity contribution in [3.8, 4) is 0 Å². The molecule has 2 fully saturated rings. The normalized spacial score (nSPS) is 26.3. The summed E-state index contributed by atoms with van der Waals surface area (Å²) in [6, 6.07) is 0.445. The van der Waals surface area contributed by atoms with Crippen molar-refractivity contribution >= 4 is 18.3 Å². The Hall–Kier alpha value is -0.280. The average molecular weight is 289 g/mol. The molecule has 19 heavy (non-hydrogen) atoms. The molecule has 112 valence electrons. The van der Waals surface area contributed by atoms with Crippen LogP contribution in [0.4, 0.5) is 0 Å². The SMILES string of the molecule is CC(C)CC1(C(=O)N2CCN[C@@H](C)C2)CCCC1.Cl. The van der Waals surface area contributed by atoms with E-state index < -0.39 is 0 Å². The third-order valence-electron chi connectivity index (χ3n) is 4.47. The number of hydrogen-bond donors (Lipinski definition) is 1. The first kappa shape index (κ1) is 16.8. The monoisotopic (exact) mass is 288 g/mol. The van der Waals surface area contributed by atoms with E-state index in [9.17, 15) is 4.79 Å². The van der Waals surface area contributed by atoms with Crippen LogP contribution in [0.2, 0.25) is 0 Å². The summed E-state index contributed by atoms with van der Waals surface area (Å²) >= 11 is 0. The lowest BCUT2D eigenvalue weighted by molar-refractivity contribution is -0.144. The Labute approximate surface area is 123 Å². The number of nitrogens with one attached hydrogen (secondary N) is 1. The van der Waals surface area contributed by atoms with E-state index >= 15 is 0 Å². The van der Waals surface area contributed by atoms with Crippen LogP contribution in [0.3, 0.4) is 0 Å². The first-order valence-electron chi connectivity index (χ1n) is 7.56. The number of hydrogen-bond acceptors (Lipinski definition) is 2. The van der Waals surface area contributed by atoms with Gasteiger partial charge >= 0.3 is 0 Å². The van der Waals surface area contributed by atoms with Gasteiger partial charge in [-0.3, -0.25) is 4.79 Å². The highest BCUT2D eigenvalue weighted by atomic mass is 35.5. The fourth-order valence-corrected chi connectivity index (χ4v) is 3.79. The van der Waals surface area contributed by atoms with Crippen molar-refractivity contribution in [3.05, 3.63) is 0 Å². The third kappa shape index (κ3) is 3.85. The molecule has 0 aromatic carbocycles. The zero-order chi connectivity index (χ0) is 13.2. The van der Waals surface area contributed by atoms with Gasteiger partial charge in [-0.25, -0.2) is 0 Å². The predicted molar refractivity (Wildman–Crippen MR) is 81.6 cm³/mol. The highest BCUT2D eigenvalue weighted by Crippen LogP contribution is 2.44. The van der Waals surface area contributed by atoms with E-state index in [1.54, 1.807) is 0 Å².